The molecule has 1 atom stereocenters. The molecular formula is C25H26N4O4. The van der Waals surface area contributed by atoms with Crippen molar-refractivity contribution in [3.63, 3.8) is 0 Å². The van der Waals surface area contributed by atoms with E-state index in [0.29, 0.717) is 37.7 Å². The zero-order valence-corrected chi connectivity index (χ0v) is 18.5. The van der Waals surface area contributed by atoms with Gasteiger partial charge < -0.3 is 19.5 Å². The van der Waals surface area contributed by atoms with Crippen LogP contribution >= 0.6 is 0 Å². The van der Waals surface area contributed by atoms with E-state index in [0.717, 1.165) is 41.1 Å². The summed E-state index contributed by atoms with van der Waals surface area (Å²) in [6, 6.07) is 9.27. The molecule has 0 spiro atoms. The highest BCUT2D eigenvalue weighted by atomic mass is 16.5. The number of nitrogens with zero attached hydrogens (tertiary/aromatic N) is 3. The number of carbonyl (C=O) groups is 1. The summed E-state index contributed by atoms with van der Waals surface area (Å²) >= 11 is 0. The Labute approximate surface area is 192 Å². The van der Waals surface area contributed by atoms with Gasteiger partial charge in [-0.1, -0.05) is 12.1 Å². The van der Waals surface area contributed by atoms with Gasteiger partial charge in [0.2, 0.25) is 5.88 Å². The zero-order valence-electron chi connectivity index (χ0n) is 18.5. The normalized spacial score (nSPS) is 18.2. The molecular weight excluding hydrogens is 420 g/mol. The molecule has 1 saturated heterocycles. The average Bonchev–Trinajstić information content (AvgIpc) is 2.85. The Morgan fingerprint density at radius 2 is 1.88 bits per heavy atom. The zero-order chi connectivity index (χ0) is 22.6. The molecule has 2 aliphatic rings. The van der Waals surface area contributed by atoms with Crippen molar-refractivity contribution in [2.45, 2.75) is 38.3 Å². The van der Waals surface area contributed by atoms with Gasteiger partial charge in [0.25, 0.3) is 5.91 Å². The van der Waals surface area contributed by atoms with Gasteiger partial charge in [0.1, 0.15) is 24.3 Å². The molecule has 0 saturated carbocycles. The van der Waals surface area contributed by atoms with Gasteiger partial charge in [0.15, 0.2) is 0 Å². The van der Waals surface area contributed by atoms with Crippen molar-refractivity contribution in [2.75, 3.05) is 19.8 Å². The van der Waals surface area contributed by atoms with Crippen molar-refractivity contribution in [2.24, 2.45) is 0 Å². The third-order valence-electron chi connectivity index (χ3n) is 5.91. The maximum Gasteiger partial charge on any atom is 0.253 e. The first-order chi connectivity index (χ1) is 16.2. The monoisotopic (exact) mass is 446 g/mol. The number of ether oxygens (including phenoxy) is 3. The second kappa shape index (κ2) is 9.54. The van der Waals surface area contributed by atoms with Gasteiger partial charge >= 0.3 is 0 Å². The first kappa shape index (κ1) is 21.3. The first-order valence-corrected chi connectivity index (χ1v) is 11.2. The maximum atomic E-state index is 12.8. The van der Waals surface area contributed by atoms with Crippen LogP contribution in [0, 0.1) is 6.92 Å². The lowest BCUT2D eigenvalue weighted by Gasteiger charge is -2.28. The summed E-state index contributed by atoms with van der Waals surface area (Å²) < 4.78 is 17.2. The topological polar surface area (TPSA) is 95.5 Å². The molecule has 0 unspecified atom stereocenters. The van der Waals surface area contributed by atoms with E-state index in [1.54, 1.807) is 18.3 Å². The van der Waals surface area contributed by atoms with Gasteiger partial charge in [-0.3, -0.25) is 4.79 Å². The summed E-state index contributed by atoms with van der Waals surface area (Å²) in [5.41, 5.74) is 3.47. The van der Waals surface area contributed by atoms with Crippen LogP contribution in [0.2, 0.25) is 0 Å². The summed E-state index contributed by atoms with van der Waals surface area (Å²) in [5.74, 6) is 1.89. The van der Waals surface area contributed by atoms with E-state index in [-0.39, 0.29) is 18.1 Å². The van der Waals surface area contributed by atoms with Crippen LogP contribution in [0.15, 0.2) is 48.9 Å². The van der Waals surface area contributed by atoms with Gasteiger partial charge in [-0.05, 0) is 24.6 Å². The number of rotatable bonds is 5. The lowest BCUT2D eigenvalue weighted by molar-refractivity contribution is 0.0237. The number of benzene rings is 1. The number of hydrogen-bond donors (Lipinski definition) is 1. The third-order valence-corrected chi connectivity index (χ3v) is 5.91. The fourth-order valence-electron chi connectivity index (χ4n) is 4.12. The Balaban J connectivity index is 1.25. The molecule has 170 valence electrons. The second-order valence-electron chi connectivity index (χ2n) is 8.30. The van der Waals surface area contributed by atoms with Crippen LogP contribution in [-0.2, 0) is 11.2 Å². The Morgan fingerprint density at radius 1 is 1.06 bits per heavy atom. The van der Waals surface area contributed by atoms with Gasteiger partial charge in [0, 0.05) is 55.0 Å². The minimum Gasteiger partial charge on any atom is -0.491 e. The highest BCUT2D eigenvalue weighted by Crippen LogP contribution is 2.34. The fraction of sp³-hybridized carbons (Fsp3) is 0.360. The van der Waals surface area contributed by atoms with Crippen molar-refractivity contribution >= 4 is 5.91 Å². The number of nitrogens with one attached hydrogen (secondary N) is 1. The molecule has 1 amide bonds. The quantitative estimate of drug-likeness (QED) is 0.643. The largest absolute Gasteiger partial charge is 0.491 e. The van der Waals surface area contributed by atoms with Crippen molar-refractivity contribution in [1.29, 1.82) is 0 Å². The van der Waals surface area contributed by atoms with Gasteiger partial charge in [-0.2, -0.15) is 0 Å². The SMILES string of the molecule is Cc1ncc(-c2cccc3c2C[C@H](NC(=O)c2ccc(OC4CCOCC4)nc2)CO3)cn1. The minimum absolute atomic E-state index is 0.110. The summed E-state index contributed by atoms with van der Waals surface area (Å²) in [6.45, 7) is 3.68. The Hall–Kier alpha value is -3.52. The van der Waals surface area contributed by atoms with Crippen LogP contribution < -0.4 is 14.8 Å². The standard InChI is InChI=1S/C25H26N4O4/c1-16-26-13-18(14-27-16)21-3-2-4-23-22(21)11-19(15-32-23)29-25(30)17-5-6-24(28-12-17)33-20-7-9-31-10-8-20/h2-6,12-14,19-20H,7-11,15H2,1H3,(H,29,30)/t19-/m0/s1. The highest BCUT2D eigenvalue weighted by Gasteiger charge is 2.25. The number of pyridine rings is 1. The van der Waals surface area contributed by atoms with Crippen molar-refractivity contribution in [3.05, 3.63) is 65.9 Å². The van der Waals surface area contributed by atoms with Crippen LogP contribution in [0.25, 0.3) is 11.1 Å². The molecule has 2 aliphatic heterocycles. The van der Waals surface area contributed by atoms with Crippen LogP contribution in [0.4, 0.5) is 0 Å². The summed E-state index contributed by atoms with van der Waals surface area (Å²) in [4.78, 5) is 25.8. The van der Waals surface area contributed by atoms with E-state index in [1.165, 1.54) is 0 Å². The minimum atomic E-state index is -0.187. The molecule has 1 aromatic carbocycles. The molecule has 2 aromatic heterocycles. The molecule has 1 fully saturated rings. The molecule has 5 rings (SSSR count). The van der Waals surface area contributed by atoms with Crippen LogP contribution in [0.5, 0.6) is 11.6 Å². The molecule has 8 heteroatoms. The Bertz CT molecular complexity index is 1110. The first-order valence-electron chi connectivity index (χ1n) is 11.2. The lowest BCUT2D eigenvalue weighted by Crippen LogP contribution is -2.42. The maximum absolute atomic E-state index is 12.8. The predicted octanol–water partition coefficient (Wildman–Crippen LogP) is 3.14. The number of aryl methyl sites for hydroxylation is 1. The molecule has 1 N–H and O–H groups in total. The third kappa shape index (κ3) is 4.96. The number of carbonyl (C=O) groups excluding carboxylic acids is 1. The van der Waals surface area contributed by atoms with Crippen molar-refractivity contribution in [1.82, 2.24) is 20.3 Å². The van der Waals surface area contributed by atoms with Gasteiger partial charge in [-0.25, -0.2) is 15.0 Å². The average molecular weight is 447 g/mol. The molecule has 33 heavy (non-hydrogen) atoms. The van der Waals surface area contributed by atoms with Crippen molar-refractivity contribution < 1.29 is 19.0 Å². The molecule has 0 aliphatic carbocycles. The molecule has 8 nitrogen and oxygen atoms in total. The number of aromatic nitrogens is 3. The molecule has 4 heterocycles. The van der Waals surface area contributed by atoms with Crippen LogP contribution in [0.3, 0.4) is 0 Å². The van der Waals surface area contributed by atoms with Crippen LogP contribution in [-0.4, -0.2) is 52.8 Å². The number of fused-ring (bicyclic) bond motifs is 1. The molecule has 3 aromatic rings. The van der Waals surface area contributed by atoms with Gasteiger partial charge in [-0.15, -0.1) is 0 Å². The van der Waals surface area contributed by atoms with E-state index in [2.05, 4.69) is 20.3 Å². The fourth-order valence-corrected chi connectivity index (χ4v) is 4.12. The van der Waals surface area contributed by atoms with E-state index >= 15 is 0 Å². The number of hydrogen-bond acceptors (Lipinski definition) is 7. The molecule has 0 radical (unpaired) electrons. The van der Waals surface area contributed by atoms with E-state index in [4.69, 9.17) is 14.2 Å². The highest BCUT2D eigenvalue weighted by molar-refractivity contribution is 5.94. The summed E-state index contributed by atoms with van der Waals surface area (Å²) in [5, 5.41) is 3.07. The predicted molar refractivity (Wildman–Crippen MR) is 121 cm³/mol. The smallest absolute Gasteiger partial charge is 0.253 e. The summed E-state index contributed by atoms with van der Waals surface area (Å²) in [6.07, 6.45) is 7.65. The number of amides is 1. The van der Waals surface area contributed by atoms with E-state index in [9.17, 15) is 4.79 Å². The molecule has 0 bridgehead atoms. The van der Waals surface area contributed by atoms with E-state index in [1.807, 2.05) is 37.5 Å². The second-order valence-corrected chi connectivity index (χ2v) is 8.30. The van der Waals surface area contributed by atoms with Crippen molar-refractivity contribution in [3.8, 4) is 22.8 Å². The lowest BCUT2D eigenvalue weighted by atomic mass is 9.94. The Kier molecular flexibility index (Phi) is 6.17. The van der Waals surface area contributed by atoms with Gasteiger partial charge in [0.05, 0.1) is 24.8 Å². The van der Waals surface area contributed by atoms with E-state index < -0.39 is 0 Å². The summed E-state index contributed by atoms with van der Waals surface area (Å²) in [7, 11) is 0. The van der Waals surface area contributed by atoms with Crippen LogP contribution in [0.1, 0.15) is 34.6 Å². The Morgan fingerprint density at radius 3 is 2.64 bits per heavy atom.